The van der Waals surface area contributed by atoms with Crippen molar-refractivity contribution in [1.82, 2.24) is 14.5 Å². The molecule has 2 aliphatic rings. The summed E-state index contributed by atoms with van der Waals surface area (Å²) in [6.45, 7) is 9.32. The van der Waals surface area contributed by atoms with Gasteiger partial charge in [-0.15, -0.1) is 0 Å². The number of hydrogen-bond donors (Lipinski definition) is 0. The van der Waals surface area contributed by atoms with Gasteiger partial charge in [-0.3, -0.25) is 4.90 Å². The first-order valence-corrected chi connectivity index (χ1v) is 12.6. The van der Waals surface area contributed by atoms with Crippen molar-refractivity contribution in [2.24, 2.45) is 5.92 Å². The number of benzene rings is 3. The molecule has 6 rings (SSSR count). The second kappa shape index (κ2) is 9.16. The first-order chi connectivity index (χ1) is 17.6. The maximum atomic E-state index is 12.9. The summed E-state index contributed by atoms with van der Waals surface area (Å²) in [6, 6.07) is 24.3. The van der Waals surface area contributed by atoms with E-state index in [0.717, 1.165) is 54.4 Å². The average molecular weight is 477 g/mol. The Kier molecular flexibility index (Phi) is 5.69. The third-order valence-corrected chi connectivity index (χ3v) is 7.54. The number of nitrogens with zero attached hydrogens (tertiary/aromatic N) is 4. The van der Waals surface area contributed by atoms with Crippen molar-refractivity contribution in [3.05, 3.63) is 96.1 Å². The number of rotatable bonds is 5. The molecule has 1 aliphatic carbocycles. The molecule has 0 bridgehead atoms. The molecular formula is C30H28N4O2. The number of amides is 1. The summed E-state index contributed by atoms with van der Waals surface area (Å²) in [4.78, 5) is 22.9. The van der Waals surface area contributed by atoms with Gasteiger partial charge >= 0.3 is 6.09 Å². The molecule has 1 aromatic heterocycles. The maximum absolute atomic E-state index is 12.9. The zero-order chi connectivity index (χ0) is 24.5. The van der Waals surface area contributed by atoms with Gasteiger partial charge in [-0.25, -0.2) is 14.6 Å². The average Bonchev–Trinajstić information content (AvgIpc) is 3.44. The summed E-state index contributed by atoms with van der Waals surface area (Å²) in [5, 5.41) is 0. The molecule has 0 radical (unpaired) electrons. The van der Waals surface area contributed by atoms with Crippen LogP contribution < -0.4 is 0 Å². The number of carbonyl (C=O) groups is 1. The number of aromatic nitrogens is 2. The van der Waals surface area contributed by atoms with E-state index in [9.17, 15) is 4.79 Å². The predicted molar refractivity (Wildman–Crippen MR) is 139 cm³/mol. The summed E-state index contributed by atoms with van der Waals surface area (Å²) < 4.78 is 8.24. The fourth-order valence-corrected chi connectivity index (χ4v) is 5.89. The molecule has 0 N–H and O–H groups in total. The zero-order valence-corrected chi connectivity index (χ0v) is 20.1. The van der Waals surface area contributed by atoms with Gasteiger partial charge in [-0.05, 0) is 66.5 Å². The van der Waals surface area contributed by atoms with Gasteiger partial charge in [0.15, 0.2) is 5.69 Å². The molecule has 2 fully saturated rings. The van der Waals surface area contributed by atoms with Crippen LogP contribution in [0.15, 0.2) is 79.1 Å². The lowest BCUT2D eigenvalue weighted by molar-refractivity contribution is 0.00415. The number of carbonyl (C=O) groups excluding carboxylic acids is 1. The van der Waals surface area contributed by atoms with Gasteiger partial charge in [0.1, 0.15) is 5.60 Å². The van der Waals surface area contributed by atoms with Gasteiger partial charge in [0.25, 0.3) is 0 Å². The number of hydrogen-bond acceptors (Lipinski definition) is 3. The molecule has 1 amide bonds. The van der Waals surface area contributed by atoms with Gasteiger partial charge in [-0.1, -0.05) is 54.6 Å². The lowest BCUT2D eigenvalue weighted by atomic mass is 9.78. The monoisotopic (exact) mass is 476 g/mol. The summed E-state index contributed by atoms with van der Waals surface area (Å²) in [7, 11) is 0. The summed E-state index contributed by atoms with van der Waals surface area (Å²) in [5.74, 6) is 0.391. The molecule has 4 aromatic rings. The maximum Gasteiger partial charge on any atom is 0.410 e. The minimum Gasteiger partial charge on any atom is -0.441 e. The first-order valence-electron chi connectivity index (χ1n) is 12.6. The zero-order valence-electron chi connectivity index (χ0n) is 20.1. The van der Waals surface area contributed by atoms with Gasteiger partial charge < -0.3 is 9.30 Å². The molecule has 0 unspecified atom stereocenters. The van der Waals surface area contributed by atoms with Gasteiger partial charge in [0.2, 0.25) is 0 Å². The highest BCUT2D eigenvalue weighted by Crippen LogP contribution is 2.41. The van der Waals surface area contributed by atoms with Crippen LogP contribution in [0.25, 0.3) is 27.0 Å². The Hall–Kier alpha value is -4.11. The highest BCUT2D eigenvalue weighted by molar-refractivity contribution is 5.79. The van der Waals surface area contributed by atoms with Crippen LogP contribution in [-0.4, -0.2) is 32.7 Å². The molecule has 1 saturated heterocycles. The van der Waals surface area contributed by atoms with Crippen LogP contribution in [0.3, 0.4) is 0 Å². The Balaban J connectivity index is 1.16. The molecule has 6 nitrogen and oxygen atoms in total. The van der Waals surface area contributed by atoms with E-state index in [0.29, 0.717) is 24.7 Å². The van der Waals surface area contributed by atoms with Crippen LogP contribution in [0.5, 0.6) is 0 Å². The summed E-state index contributed by atoms with van der Waals surface area (Å²) in [5.41, 5.74) is 5.54. The van der Waals surface area contributed by atoms with E-state index in [4.69, 9.17) is 11.3 Å². The number of fused-ring (bicyclic) bond motifs is 1. The SMILES string of the molecule is [C-]#[N+]c1ccc2ncn(C[C@H]3CCC[C@]4(C3)CN(Cc3cccc(-c5ccccc5)c3)C(=O)O4)c2c1. The highest BCUT2D eigenvalue weighted by Gasteiger charge is 2.47. The van der Waals surface area contributed by atoms with E-state index >= 15 is 0 Å². The minimum absolute atomic E-state index is 0.212. The number of imidazole rings is 1. The second-order valence-electron chi connectivity index (χ2n) is 10.1. The Morgan fingerprint density at radius 2 is 1.92 bits per heavy atom. The van der Waals surface area contributed by atoms with Crippen molar-refractivity contribution in [2.45, 2.75) is 44.4 Å². The van der Waals surface area contributed by atoms with Crippen molar-refractivity contribution in [2.75, 3.05) is 6.54 Å². The van der Waals surface area contributed by atoms with E-state index in [-0.39, 0.29) is 6.09 Å². The van der Waals surface area contributed by atoms with E-state index < -0.39 is 5.60 Å². The second-order valence-corrected chi connectivity index (χ2v) is 10.1. The fourth-order valence-electron chi connectivity index (χ4n) is 5.89. The Labute approximate surface area is 211 Å². The molecule has 180 valence electrons. The first kappa shape index (κ1) is 22.4. The molecule has 1 saturated carbocycles. The van der Waals surface area contributed by atoms with Crippen LogP contribution in [0, 0.1) is 12.5 Å². The number of ether oxygens (including phenoxy) is 1. The Morgan fingerprint density at radius 3 is 2.78 bits per heavy atom. The summed E-state index contributed by atoms with van der Waals surface area (Å²) in [6.07, 6.45) is 5.54. The molecule has 1 aliphatic heterocycles. The quantitative estimate of drug-likeness (QED) is 0.297. The Bertz CT molecular complexity index is 1450. The van der Waals surface area contributed by atoms with Crippen molar-refractivity contribution in [1.29, 1.82) is 0 Å². The van der Waals surface area contributed by atoms with Crippen molar-refractivity contribution >= 4 is 22.8 Å². The smallest absolute Gasteiger partial charge is 0.410 e. The third-order valence-electron chi connectivity index (χ3n) is 7.54. The topological polar surface area (TPSA) is 51.7 Å². The van der Waals surface area contributed by atoms with Crippen LogP contribution in [-0.2, 0) is 17.8 Å². The van der Waals surface area contributed by atoms with Gasteiger partial charge in [0, 0.05) is 13.1 Å². The van der Waals surface area contributed by atoms with E-state index in [1.54, 1.807) is 0 Å². The van der Waals surface area contributed by atoms with E-state index in [2.05, 4.69) is 50.8 Å². The van der Waals surface area contributed by atoms with E-state index in [1.165, 1.54) is 5.56 Å². The molecule has 1 spiro atoms. The molecule has 2 heterocycles. The van der Waals surface area contributed by atoms with Crippen molar-refractivity contribution in [3.63, 3.8) is 0 Å². The predicted octanol–water partition coefficient (Wildman–Crippen LogP) is 6.84. The fraction of sp³-hybridized carbons (Fsp3) is 0.300. The van der Waals surface area contributed by atoms with E-state index in [1.807, 2.05) is 47.6 Å². The van der Waals surface area contributed by atoms with Gasteiger partial charge in [-0.2, -0.15) is 0 Å². The standard InChI is InChI=1S/C30H28N4O2/c1-31-26-12-13-27-28(16-26)34(21-32-27)19-23-8-6-14-30(17-23)20-33(29(35)36-30)18-22-7-5-11-25(15-22)24-9-3-2-4-10-24/h2-5,7,9-13,15-16,21,23H,6,8,14,17-20H2/t23-,30-/m0/s1. The molecule has 2 atom stereocenters. The minimum atomic E-state index is -0.422. The lowest BCUT2D eigenvalue weighted by Crippen LogP contribution is -2.40. The molecule has 36 heavy (non-hydrogen) atoms. The molecule has 6 heteroatoms. The van der Waals surface area contributed by atoms with Crippen LogP contribution in [0.4, 0.5) is 10.5 Å². The van der Waals surface area contributed by atoms with Crippen LogP contribution >= 0.6 is 0 Å². The normalized spacial score (nSPS) is 21.6. The van der Waals surface area contributed by atoms with Crippen molar-refractivity contribution in [3.8, 4) is 11.1 Å². The Morgan fingerprint density at radius 1 is 1.06 bits per heavy atom. The van der Waals surface area contributed by atoms with Crippen LogP contribution in [0.1, 0.15) is 31.2 Å². The van der Waals surface area contributed by atoms with Crippen molar-refractivity contribution < 1.29 is 9.53 Å². The van der Waals surface area contributed by atoms with Gasteiger partial charge in [0.05, 0.1) is 30.5 Å². The van der Waals surface area contributed by atoms with Crippen LogP contribution in [0.2, 0.25) is 0 Å². The summed E-state index contributed by atoms with van der Waals surface area (Å²) >= 11 is 0. The molecule has 3 aromatic carbocycles. The molecular weight excluding hydrogens is 448 g/mol. The highest BCUT2D eigenvalue weighted by atomic mass is 16.6. The largest absolute Gasteiger partial charge is 0.441 e. The third kappa shape index (κ3) is 4.33. The lowest BCUT2D eigenvalue weighted by Gasteiger charge is -2.36.